The van der Waals surface area contributed by atoms with Gasteiger partial charge in [-0.1, -0.05) is 61.8 Å². The van der Waals surface area contributed by atoms with E-state index in [1.807, 2.05) is 76.3 Å². The minimum Gasteiger partial charge on any atom is -0.507 e. The van der Waals surface area contributed by atoms with Crippen molar-refractivity contribution in [3.05, 3.63) is 120 Å². The summed E-state index contributed by atoms with van der Waals surface area (Å²) in [7, 11) is 0. The number of hydrogen-bond donors (Lipinski definition) is 2. The topological polar surface area (TPSA) is 129 Å². The number of ether oxygens (including phenoxy) is 2. The van der Waals surface area contributed by atoms with Crippen LogP contribution in [0.2, 0.25) is 0 Å². The highest BCUT2D eigenvalue weighted by molar-refractivity contribution is 5.98. The fourth-order valence-corrected chi connectivity index (χ4v) is 8.11. The third-order valence-electron chi connectivity index (χ3n) is 11.0. The molecule has 3 aromatic carbocycles. The number of nitrogen functional groups attached to an aromatic ring is 1. The lowest BCUT2D eigenvalue weighted by Crippen LogP contribution is -2.40. The van der Waals surface area contributed by atoms with Gasteiger partial charge in [-0.15, -0.1) is 0 Å². The highest BCUT2D eigenvalue weighted by Crippen LogP contribution is 2.47. The van der Waals surface area contributed by atoms with Crippen LogP contribution in [0.5, 0.6) is 23.0 Å². The van der Waals surface area contributed by atoms with E-state index in [0.29, 0.717) is 47.1 Å². The zero-order valence-corrected chi connectivity index (χ0v) is 32.7. The monoisotopic (exact) mass is 752 g/mol. The molecule has 1 unspecified atom stereocenters. The minimum atomic E-state index is -0.160. The van der Waals surface area contributed by atoms with Crippen LogP contribution in [0.3, 0.4) is 0 Å². The summed E-state index contributed by atoms with van der Waals surface area (Å²) in [6.07, 6.45) is 14.3. The molecule has 10 heteroatoms. The predicted molar refractivity (Wildman–Crippen MR) is 222 cm³/mol. The first-order chi connectivity index (χ1) is 27.2. The Labute approximate surface area is 329 Å². The molecule has 0 bridgehead atoms. The van der Waals surface area contributed by atoms with E-state index in [1.165, 1.54) is 24.2 Å². The van der Waals surface area contributed by atoms with E-state index in [2.05, 4.69) is 43.4 Å². The number of phenols is 1. The molecule has 290 valence electrons. The number of para-hydroxylation sites is 1. The van der Waals surface area contributed by atoms with Crippen LogP contribution in [0.15, 0.2) is 109 Å². The number of phenolic OH excluding ortho intramolecular Hbond substituents is 1. The number of hydrogen-bond acceptors (Lipinski definition) is 8. The highest BCUT2D eigenvalue weighted by atomic mass is 16.5. The fourth-order valence-electron chi connectivity index (χ4n) is 8.11. The Kier molecular flexibility index (Phi) is 11.8. The van der Waals surface area contributed by atoms with E-state index in [-0.39, 0.29) is 29.5 Å². The Balaban J connectivity index is 1.11. The van der Waals surface area contributed by atoms with Crippen molar-refractivity contribution < 1.29 is 19.4 Å². The molecule has 5 aromatic rings. The van der Waals surface area contributed by atoms with Crippen molar-refractivity contribution >= 4 is 22.8 Å². The quantitative estimate of drug-likeness (QED) is 0.0526. The normalized spacial score (nSPS) is 18.6. The van der Waals surface area contributed by atoms with Crippen molar-refractivity contribution in [2.45, 2.75) is 84.1 Å². The molecule has 10 nitrogen and oxygen atoms in total. The van der Waals surface area contributed by atoms with Crippen LogP contribution in [-0.2, 0) is 11.2 Å². The minimum absolute atomic E-state index is 0.0694. The smallest absolute Gasteiger partial charge is 0.249 e. The van der Waals surface area contributed by atoms with Gasteiger partial charge in [-0.05, 0) is 112 Å². The third kappa shape index (κ3) is 8.49. The molecule has 3 heterocycles. The first-order valence-corrected chi connectivity index (χ1v) is 19.8. The molecule has 56 heavy (non-hydrogen) atoms. The van der Waals surface area contributed by atoms with E-state index in [0.717, 1.165) is 79.4 Å². The molecular weight excluding hydrogens is 701 g/mol. The summed E-state index contributed by atoms with van der Waals surface area (Å²) in [5.41, 5.74) is 12.7. The lowest BCUT2D eigenvalue weighted by Gasteiger charge is -2.32. The number of carbonyl (C=O) groups excluding carboxylic acids is 1. The van der Waals surface area contributed by atoms with Gasteiger partial charge in [0.15, 0.2) is 5.65 Å². The maximum atomic E-state index is 13.8. The molecule has 1 fully saturated rings. The number of amides is 1. The molecule has 3 N–H and O–H groups in total. The summed E-state index contributed by atoms with van der Waals surface area (Å²) in [5.74, 6) is 2.56. The van der Waals surface area contributed by atoms with Gasteiger partial charge in [-0.3, -0.25) is 4.79 Å². The second-order valence-corrected chi connectivity index (χ2v) is 15.2. The average Bonchev–Trinajstić information content (AvgIpc) is 3.59. The summed E-state index contributed by atoms with van der Waals surface area (Å²) in [5, 5.41) is 17.2. The van der Waals surface area contributed by atoms with Crippen LogP contribution in [0, 0.1) is 5.92 Å². The number of piperidine rings is 1. The Morgan fingerprint density at radius 1 is 1.05 bits per heavy atom. The predicted octanol–water partition coefficient (Wildman–Crippen LogP) is 10.1. The Morgan fingerprint density at radius 2 is 1.84 bits per heavy atom. The molecular formula is C46H52N6O4. The number of benzene rings is 3. The van der Waals surface area contributed by atoms with E-state index in [9.17, 15) is 9.90 Å². The first-order valence-electron chi connectivity index (χ1n) is 19.8. The van der Waals surface area contributed by atoms with Crippen molar-refractivity contribution in [3.8, 4) is 34.3 Å². The van der Waals surface area contributed by atoms with E-state index < -0.39 is 0 Å². The number of aromatic hydroxyl groups is 1. The summed E-state index contributed by atoms with van der Waals surface area (Å²) in [4.78, 5) is 24.5. The average molecular weight is 753 g/mol. The maximum absolute atomic E-state index is 13.8. The zero-order valence-electron chi connectivity index (χ0n) is 32.7. The molecule has 0 saturated carbocycles. The second kappa shape index (κ2) is 17.3. The second-order valence-electron chi connectivity index (χ2n) is 15.2. The molecule has 0 radical (unpaired) electrons. The highest BCUT2D eigenvalue weighted by Gasteiger charge is 2.31. The number of aryl methyl sites for hydroxylation is 1. The number of fused-ring (bicyclic) bond motifs is 1. The SMILES string of the molecule is C=C(C)[C@H]1CCC(C)=C[C@@H]1c1c(O)cc(CCCCC)cc1O/C=C/C(=O)N1CCCC(n2nc(-c3ccc(Oc4ccccc4)cc3)c3c(N)ncnc32)C1. The van der Waals surface area contributed by atoms with Gasteiger partial charge in [0, 0.05) is 36.2 Å². The van der Waals surface area contributed by atoms with Crippen LogP contribution < -0.4 is 15.2 Å². The van der Waals surface area contributed by atoms with Crippen molar-refractivity contribution in [2.24, 2.45) is 5.92 Å². The van der Waals surface area contributed by atoms with E-state index >= 15 is 0 Å². The van der Waals surface area contributed by atoms with Gasteiger partial charge in [-0.2, -0.15) is 5.10 Å². The Morgan fingerprint density at radius 3 is 2.61 bits per heavy atom. The molecule has 2 aromatic heterocycles. The number of nitrogens with zero attached hydrogens (tertiary/aromatic N) is 5. The number of unbranched alkanes of at least 4 members (excludes halogenated alkanes) is 2. The molecule has 1 saturated heterocycles. The number of nitrogens with two attached hydrogens (primary N) is 1. The van der Waals surface area contributed by atoms with Crippen molar-refractivity contribution in [3.63, 3.8) is 0 Å². The third-order valence-corrected chi connectivity index (χ3v) is 11.0. The van der Waals surface area contributed by atoms with E-state index in [1.54, 1.807) is 0 Å². The molecule has 3 atom stereocenters. The first kappa shape index (κ1) is 38.4. The standard InChI is InChI=1S/C46H52N6O4/c1-5-6-8-12-32-26-39(53)42(38-25-31(4)16-21-37(38)30(2)3)40(27-32)55-24-22-41(54)51-23-11-13-34(28-51)52-46-43(45(47)48-29-49-46)44(50-52)33-17-19-36(20-18-33)56-35-14-9-7-10-15-35/h7,9-10,14-15,17-20,22,24-27,29,34,37-38,53H,2,5-6,8,11-13,16,21,23,28H2,1,3-4H3,(H2,47,48,49)/b24-22+/t34?,37-,38+/m1/s1. The maximum Gasteiger partial charge on any atom is 0.249 e. The summed E-state index contributed by atoms with van der Waals surface area (Å²) in [6.45, 7) is 11.7. The Bertz CT molecular complexity index is 2240. The number of rotatable bonds is 13. The van der Waals surface area contributed by atoms with Gasteiger partial charge in [0.25, 0.3) is 0 Å². The van der Waals surface area contributed by atoms with Crippen molar-refractivity contribution in [1.29, 1.82) is 0 Å². The number of carbonyl (C=O) groups is 1. The molecule has 7 rings (SSSR count). The molecule has 0 spiro atoms. The molecule has 2 aliphatic rings. The van der Waals surface area contributed by atoms with E-state index in [4.69, 9.17) is 20.3 Å². The molecule has 1 aliphatic carbocycles. The number of likely N-dealkylation sites (tertiary alicyclic amines) is 1. The number of allylic oxidation sites excluding steroid dienone is 3. The van der Waals surface area contributed by atoms with Gasteiger partial charge in [0.05, 0.1) is 17.7 Å². The van der Waals surface area contributed by atoms with Crippen LogP contribution in [0.1, 0.15) is 88.8 Å². The lowest BCUT2D eigenvalue weighted by molar-refractivity contribution is -0.127. The summed E-state index contributed by atoms with van der Waals surface area (Å²) < 4.78 is 14.2. The summed E-state index contributed by atoms with van der Waals surface area (Å²) >= 11 is 0. The number of aromatic nitrogens is 4. The van der Waals surface area contributed by atoms with Gasteiger partial charge < -0.3 is 25.2 Å². The molecule has 1 amide bonds. The van der Waals surface area contributed by atoms with Crippen molar-refractivity contribution in [2.75, 3.05) is 18.8 Å². The van der Waals surface area contributed by atoms with Crippen LogP contribution >= 0.6 is 0 Å². The summed E-state index contributed by atoms with van der Waals surface area (Å²) in [6, 6.07) is 21.1. The fraction of sp³-hybridized carbons (Fsp3) is 0.348. The largest absolute Gasteiger partial charge is 0.507 e. The van der Waals surface area contributed by atoms with Gasteiger partial charge >= 0.3 is 0 Å². The van der Waals surface area contributed by atoms with Gasteiger partial charge in [0.1, 0.15) is 40.8 Å². The lowest BCUT2D eigenvalue weighted by atomic mass is 9.73. The van der Waals surface area contributed by atoms with Crippen LogP contribution in [-0.4, -0.2) is 48.8 Å². The zero-order chi connectivity index (χ0) is 39.2. The van der Waals surface area contributed by atoms with Crippen molar-refractivity contribution in [1.82, 2.24) is 24.6 Å². The van der Waals surface area contributed by atoms with Gasteiger partial charge in [-0.25, -0.2) is 14.6 Å². The molecule has 1 aliphatic heterocycles. The van der Waals surface area contributed by atoms with Crippen LogP contribution in [0.4, 0.5) is 5.82 Å². The Hall–Kier alpha value is -5.90. The van der Waals surface area contributed by atoms with Crippen LogP contribution in [0.25, 0.3) is 22.3 Å². The van der Waals surface area contributed by atoms with Gasteiger partial charge in [0.2, 0.25) is 5.91 Å². The number of anilines is 1.